The molecule has 0 aromatic carbocycles. The van der Waals surface area contributed by atoms with E-state index in [1.807, 2.05) is 0 Å². The minimum absolute atomic E-state index is 0.0453. The predicted molar refractivity (Wildman–Crippen MR) is 64.6 cm³/mol. The Hall–Kier alpha value is -2.83. The molecular formula is C11H10F3N3O4. The van der Waals surface area contributed by atoms with Gasteiger partial charge in [-0.2, -0.15) is 13.2 Å². The van der Waals surface area contributed by atoms with Gasteiger partial charge in [-0.05, 0) is 6.92 Å². The van der Waals surface area contributed by atoms with Crippen molar-refractivity contribution in [3.8, 4) is 12.3 Å². The van der Waals surface area contributed by atoms with Crippen LogP contribution in [0, 0.1) is 12.3 Å². The maximum Gasteiger partial charge on any atom is 0.490 e. The summed E-state index contributed by atoms with van der Waals surface area (Å²) in [6.45, 7) is 1.77. The zero-order chi connectivity index (χ0) is 16.6. The Morgan fingerprint density at radius 2 is 1.76 bits per heavy atom. The minimum Gasteiger partial charge on any atom is -0.478 e. The molecule has 0 saturated heterocycles. The highest BCUT2D eigenvalue weighted by Gasteiger charge is 2.38. The third-order valence-electron chi connectivity index (χ3n) is 1.74. The van der Waals surface area contributed by atoms with E-state index in [9.17, 15) is 18.0 Å². The van der Waals surface area contributed by atoms with Crippen molar-refractivity contribution in [1.29, 1.82) is 0 Å². The van der Waals surface area contributed by atoms with Gasteiger partial charge in [0, 0.05) is 12.4 Å². The first-order valence-corrected chi connectivity index (χ1v) is 5.16. The standard InChI is InChI=1S/C9H9N3O2.C2HF3O2/c1-3-6(2)12-9-10-4-7(5-11-9)8(13)14;3-2(4,5)1(6)7/h1,4-6H,2H3,(H,13,14)(H,10,11,12);(H,6,7). The summed E-state index contributed by atoms with van der Waals surface area (Å²) in [5.74, 6) is -1.05. The minimum atomic E-state index is -5.08. The van der Waals surface area contributed by atoms with Crippen LogP contribution in [0.4, 0.5) is 19.1 Å². The average molecular weight is 305 g/mol. The van der Waals surface area contributed by atoms with Crippen LogP contribution >= 0.6 is 0 Å². The van der Waals surface area contributed by atoms with E-state index in [-0.39, 0.29) is 11.6 Å². The maximum absolute atomic E-state index is 10.6. The molecule has 0 radical (unpaired) electrons. The van der Waals surface area contributed by atoms with Crippen LogP contribution in [-0.4, -0.2) is 44.3 Å². The van der Waals surface area contributed by atoms with E-state index in [0.717, 1.165) is 0 Å². The van der Waals surface area contributed by atoms with Gasteiger partial charge >= 0.3 is 18.1 Å². The Bertz CT molecular complexity index is 537. The molecule has 1 atom stereocenters. The second-order valence-electron chi connectivity index (χ2n) is 3.44. The fourth-order valence-corrected chi connectivity index (χ4v) is 0.748. The van der Waals surface area contributed by atoms with Crippen LogP contribution in [0.2, 0.25) is 0 Å². The van der Waals surface area contributed by atoms with Gasteiger partial charge in [-0.3, -0.25) is 0 Å². The molecule has 1 rings (SSSR count). The summed E-state index contributed by atoms with van der Waals surface area (Å²) < 4.78 is 31.7. The summed E-state index contributed by atoms with van der Waals surface area (Å²) in [5.41, 5.74) is 0.0453. The smallest absolute Gasteiger partial charge is 0.478 e. The lowest BCUT2D eigenvalue weighted by Crippen LogP contribution is -2.21. The zero-order valence-electron chi connectivity index (χ0n) is 10.5. The highest BCUT2D eigenvalue weighted by molar-refractivity contribution is 5.86. The molecule has 1 aromatic heterocycles. The lowest BCUT2D eigenvalue weighted by molar-refractivity contribution is -0.192. The van der Waals surface area contributed by atoms with Crippen LogP contribution in [0.5, 0.6) is 0 Å². The van der Waals surface area contributed by atoms with Gasteiger partial charge in [0.15, 0.2) is 0 Å². The van der Waals surface area contributed by atoms with Crippen LogP contribution in [0.3, 0.4) is 0 Å². The van der Waals surface area contributed by atoms with E-state index in [4.69, 9.17) is 21.4 Å². The summed E-state index contributed by atoms with van der Waals surface area (Å²) in [4.78, 5) is 26.9. The van der Waals surface area contributed by atoms with Gasteiger partial charge in [-0.1, -0.05) is 5.92 Å². The summed E-state index contributed by atoms with van der Waals surface area (Å²) in [6, 6.07) is -0.189. The topological polar surface area (TPSA) is 112 Å². The highest BCUT2D eigenvalue weighted by Crippen LogP contribution is 2.13. The molecule has 1 unspecified atom stereocenters. The average Bonchev–Trinajstić information content (AvgIpc) is 2.38. The van der Waals surface area contributed by atoms with Gasteiger partial charge in [-0.25, -0.2) is 19.6 Å². The number of alkyl halides is 3. The van der Waals surface area contributed by atoms with Crippen molar-refractivity contribution in [2.45, 2.75) is 19.1 Å². The van der Waals surface area contributed by atoms with Crippen molar-refractivity contribution < 1.29 is 33.0 Å². The van der Waals surface area contributed by atoms with E-state index >= 15 is 0 Å². The Kier molecular flexibility index (Phi) is 6.65. The first-order valence-electron chi connectivity index (χ1n) is 5.16. The van der Waals surface area contributed by atoms with Crippen LogP contribution in [0.15, 0.2) is 12.4 Å². The van der Waals surface area contributed by atoms with Crippen molar-refractivity contribution in [3.63, 3.8) is 0 Å². The number of rotatable bonds is 3. The SMILES string of the molecule is C#CC(C)Nc1ncc(C(=O)O)cn1.O=C(O)C(F)(F)F. The van der Waals surface area contributed by atoms with Crippen molar-refractivity contribution in [2.75, 3.05) is 5.32 Å². The summed E-state index contributed by atoms with van der Waals surface area (Å²) >= 11 is 0. The fraction of sp³-hybridized carbons (Fsp3) is 0.273. The van der Waals surface area contributed by atoms with E-state index < -0.39 is 18.1 Å². The molecule has 10 heteroatoms. The lowest BCUT2D eigenvalue weighted by Gasteiger charge is -2.06. The molecule has 0 bridgehead atoms. The molecule has 114 valence electrons. The number of nitrogens with one attached hydrogen (secondary N) is 1. The number of nitrogens with zero attached hydrogens (tertiary/aromatic N) is 2. The Labute approximate surface area is 116 Å². The number of aromatic nitrogens is 2. The summed E-state index contributed by atoms with van der Waals surface area (Å²) in [7, 11) is 0. The fourth-order valence-electron chi connectivity index (χ4n) is 0.748. The first-order chi connectivity index (χ1) is 9.57. The van der Waals surface area contributed by atoms with Gasteiger partial charge in [0.25, 0.3) is 0 Å². The number of aromatic carboxylic acids is 1. The molecule has 0 saturated carbocycles. The van der Waals surface area contributed by atoms with Gasteiger partial charge in [0.05, 0.1) is 11.6 Å². The van der Waals surface area contributed by atoms with Crippen molar-refractivity contribution in [1.82, 2.24) is 9.97 Å². The van der Waals surface area contributed by atoms with Crippen LogP contribution in [0.25, 0.3) is 0 Å². The van der Waals surface area contributed by atoms with E-state index in [1.54, 1.807) is 6.92 Å². The summed E-state index contributed by atoms with van der Waals surface area (Å²) in [5, 5.41) is 18.5. The van der Waals surface area contributed by atoms with Gasteiger partial charge in [-0.15, -0.1) is 6.42 Å². The Morgan fingerprint density at radius 1 is 1.33 bits per heavy atom. The van der Waals surface area contributed by atoms with E-state index in [2.05, 4.69) is 21.2 Å². The molecule has 3 N–H and O–H groups in total. The van der Waals surface area contributed by atoms with Gasteiger partial charge < -0.3 is 15.5 Å². The van der Waals surface area contributed by atoms with Crippen molar-refractivity contribution in [2.24, 2.45) is 0 Å². The van der Waals surface area contributed by atoms with Gasteiger partial charge in [0.1, 0.15) is 0 Å². The zero-order valence-corrected chi connectivity index (χ0v) is 10.5. The molecular weight excluding hydrogens is 295 g/mol. The van der Waals surface area contributed by atoms with E-state index in [1.165, 1.54) is 12.4 Å². The normalized spacial score (nSPS) is 11.4. The molecule has 1 heterocycles. The molecule has 0 aliphatic heterocycles. The molecule has 0 aliphatic rings. The highest BCUT2D eigenvalue weighted by atomic mass is 19.4. The molecule has 21 heavy (non-hydrogen) atoms. The van der Waals surface area contributed by atoms with Crippen LogP contribution in [0.1, 0.15) is 17.3 Å². The Balaban J connectivity index is 0.000000486. The second kappa shape index (κ2) is 7.68. The molecule has 0 amide bonds. The number of aliphatic carboxylic acids is 1. The van der Waals surface area contributed by atoms with E-state index in [0.29, 0.717) is 5.95 Å². The Morgan fingerprint density at radius 3 is 2.05 bits per heavy atom. The number of carboxylic acids is 2. The first kappa shape index (κ1) is 18.2. The predicted octanol–water partition coefficient (Wildman–Crippen LogP) is 1.24. The lowest BCUT2D eigenvalue weighted by atomic mass is 10.3. The molecule has 1 aromatic rings. The van der Waals surface area contributed by atoms with Crippen LogP contribution < -0.4 is 5.32 Å². The number of terminal acetylenes is 1. The van der Waals surface area contributed by atoms with Crippen molar-refractivity contribution >= 4 is 17.9 Å². The second-order valence-corrected chi connectivity index (χ2v) is 3.44. The summed E-state index contributed by atoms with van der Waals surface area (Å²) in [6.07, 6.45) is 2.50. The number of carbonyl (C=O) groups is 2. The van der Waals surface area contributed by atoms with Crippen molar-refractivity contribution in [3.05, 3.63) is 18.0 Å². The number of anilines is 1. The number of carboxylic acid groups (broad SMARTS) is 2. The number of hydrogen-bond donors (Lipinski definition) is 3. The monoisotopic (exact) mass is 305 g/mol. The number of halogens is 3. The quantitative estimate of drug-likeness (QED) is 0.720. The largest absolute Gasteiger partial charge is 0.490 e. The molecule has 0 aliphatic carbocycles. The molecule has 0 fully saturated rings. The third-order valence-corrected chi connectivity index (χ3v) is 1.74. The number of hydrogen-bond acceptors (Lipinski definition) is 5. The third kappa shape index (κ3) is 7.36. The molecule has 0 spiro atoms. The van der Waals surface area contributed by atoms with Gasteiger partial charge in [0.2, 0.25) is 5.95 Å². The maximum atomic E-state index is 10.6. The molecule has 7 nitrogen and oxygen atoms in total. The van der Waals surface area contributed by atoms with Crippen LogP contribution in [-0.2, 0) is 4.79 Å².